The standard InChI is InChI=1S/C16H14Br2Cl2O/c1-9(17)13-7-11(19)3-5-15(13)21-16-6-4-12(20)8-14(16)10(2)18/h3-10H,1-2H3. The van der Waals surface area contributed by atoms with Crippen molar-refractivity contribution in [3.8, 4) is 11.5 Å². The van der Waals surface area contributed by atoms with Gasteiger partial charge in [-0.3, -0.25) is 0 Å². The molecular weight excluding hydrogens is 439 g/mol. The topological polar surface area (TPSA) is 9.23 Å². The molecule has 0 aliphatic rings. The number of benzene rings is 2. The third-order valence-electron chi connectivity index (χ3n) is 3.02. The summed E-state index contributed by atoms with van der Waals surface area (Å²) >= 11 is 19.3. The molecule has 0 saturated carbocycles. The van der Waals surface area contributed by atoms with Crippen LogP contribution in [0.1, 0.15) is 34.6 Å². The fourth-order valence-electron chi connectivity index (χ4n) is 1.96. The molecule has 2 atom stereocenters. The van der Waals surface area contributed by atoms with E-state index in [-0.39, 0.29) is 9.65 Å². The van der Waals surface area contributed by atoms with Crippen LogP contribution in [0.25, 0.3) is 0 Å². The van der Waals surface area contributed by atoms with Crippen LogP contribution in [0.4, 0.5) is 0 Å². The summed E-state index contributed by atoms with van der Waals surface area (Å²) in [4.78, 5) is 0.284. The quantitative estimate of drug-likeness (QED) is 0.432. The predicted octanol–water partition coefficient (Wildman–Crippen LogP) is 7.70. The van der Waals surface area contributed by atoms with E-state index >= 15 is 0 Å². The number of rotatable bonds is 4. The van der Waals surface area contributed by atoms with Crippen LogP contribution in [0.2, 0.25) is 10.0 Å². The zero-order chi connectivity index (χ0) is 15.6. The van der Waals surface area contributed by atoms with Crippen molar-refractivity contribution in [2.24, 2.45) is 0 Å². The highest BCUT2D eigenvalue weighted by atomic mass is 79.9. The molecule has 2 aromatic carbocycles. The maximum absolute atomic E-state index is 6.10. The van der Waals surface area contributed by atoms with Gasteiger partial charge in [-0.05, 0) is 50.2 Å². The molecule has 0 aliphatic heterocycles. The van der Waals surface area contributed by atoms with Crippen molar-refractivity contribution in [2.45, 2.75) is 23.5 Å². The van der Waals surface area contributed by atoms with Gasteiger partial charge < -0.3 is 4.74 Å². The number of ether oxygens (including phenoxy) is 1. The maximum Gasteiger partial charge on any atom is 0.131 e. The minimum atomic E-state index is 0.142. The van der Waals surface area contributed by atoms with Gasteiger partial charge in [-0.2, -0.15) is 0 Å². The Morgan fingerprint density at radius 1 is 0.810 bits per heavy atom. The van der Waals surface area contributed by atoms with Crippen LogP contribution in [0.5, 0.6) is 11.5 Å². The molecule has 2 aromatic rings. The van der Waals surface area contributed by atoms with Gasteiger partial charge >= 0.3 is 0 Å². The van der Waals surface area contributed by atoms with Crippen LogP contribution in [-0.4, -0.2) is 0 Å². The van der Waals surface area contributed by atoms with Crippen LogP contribution in [-0.2, 0) is 0 Å². The summed E-state index contributed by atoms with van der Waals surface area (Å²) in [5, 5.41) is 1.38. The van der Waals surface area contributed by atoms with E-state index in [1.54, 1.807) is 0 Å². The Kier molecular flexibility index (Phi) is 6.01. The van der Waals surface area contributed by atoms with E-state index in [0.29, 0.717) is 10.0 Å². The number of hydrogen-bond donors (Lipinski definition) is 0. The Hall–Kier alpha value is -0.220. The molecule has 0 radical (unpaired) electrons. The van der Waals surface area contributed by atoms with Gasteiger partial charge in [0, 0.05) is 30.8 Å². The first-order valence-corrected chi connectivity index (χ1v) is 9.02. The van der Waals surface area contributed by atoms with E-state index in [0.717, 1.165) is 22.6 Å². The summed E-state index contributed by atoms with van der Waals surface area (Å²) in [5.74, 6) is 1.56. The fourth-order valence-corrected chi connectivity index (χ4v) is 3.04. The lowest BCUT2D eigenvalue weighted by molar-refractivity contribution is 0.471. The third kappa shape index (κ3) is 4.38. The second-order valence-electron chi connectivity index (χ2n) is 4.70. The van der Waals surface area contributed by atoms with Crippen LogP contribution in [0.3, 0.4) is 0 Å². The summed E-state index contributed by atoms with van der Waals surface area (Å²) < 4.78 is 6.10. The Morgan fingerprint density at radius 3 is 1.52 bits per heavy atom. The third-order valence-corrected chi connectivity index (χ3v) is 4.48. The van der Waals surface area contributed by atoms with Crippen molar-refractivity contribution in [1.82, 2.24) is 0 Å². The first kappa shape index (κ1) is 17.1. The van der Waals surface area contributed by atoms with E-state index < -0.39 is 0 Å². The van der Waals surface area contributed by atoms with Gasteiger partial charge in [-0.15, -0.1) is 0 Å². The fraction of sp³-hybridized carbons (Fsp3) is 0.250. The van der Waals surface area contributed by atoms with E-state index in [4.69, 9.17) is 27.9 Å². The van der Waals surface area contributed by atoms with Crippen LogP contribution in [0, 0.1) is 0 Å². The van der Waals surface area contributed by atoms with Crippen molar-refractivity contribution in [2.75, 3.05) is 0 Å². The summed E-state index contributed by atoms with van der Waals surface area (Å²) in [5.41, 5.74) is 2.01. The van der Waals surface area contributed by atoms with E-state index in [1.165, 1.54) is 0 Å². The molecule has 0 fully saturated rings. The lowest BCUT2D eigenvalue weighted by atomic mass is 10.1. The molecule has 0 N–H and O–H groups in total. The average molecular weight is 453 g/mol. The van der Waals surface area contributed by atoms with Gasteiger partial charge in [-0.25, -0.2) is 0 Å². The molecule has 0 saturated heterocycles. The minimum absolute atomic E-state index is 0.142. The maximum atomic E-state index is 6.10. The van der Waals surface area contributed by atoms with Crippen molar-refractivity contribution in [1.29, 1.82) is 0 Å². The molecule has 2 unspecified atom stereocenters. The molecule has 0 spiro atoms. The zero-order valence-corrected chi connectivity index (χ0v) is 16.2. The normalized spacial score (nSPS) is 13.8. The Bertz CT molecular complexity index is 587. The molecule has 1 nitrogen and oxygen atoms in total. The van der Waals surface area contributed by atoms with Crippen molar-refractivity contribution in [3.63, 3.8) is 0 Å². The predicted molar refractivity (Wildman–Crippen MR) is 97.7 cm³/mol. The van der Waals surface area contributed by atoms with Gasteiger partial charge in [0.2, 0.25) is 0 Å². The zero-order valence-electron chi connectivity index (χ0n) is 11.5. The van der Waals surface area contributed by atoms with Gasteiger partial charge in [0.05, 0.1) is 0 Å². The number of alkyl halides is 2. The molecule has 21 heavy (non-hydrogen) atoms. The molecule has 5 heteroatoms. The van der Waals surface area contributed by atoms with Crippen molar-refractivity contribution in [3.05, 3.63) is 57.6 Å². The SMILES string of the molecule is CC(Br)c1cc(Cl)ccc1Oc1ccc(Cl)cc1C(C)Br. The monoisotopic (exact) mass is 450 g/mol. The molecule has 2 rings (SSSR count). The van der Waals surface area contributed by atoms with E-state index in [1.807, 2.05) is 50.2 Å². The Morgan fingerprint density at radius 2 is 1.19 bits per heavy atom. The summed E-state index contributed by atoms with van der Waals surface area (Å²) in [7, 11) is 0. The second-order valence-corrected chi connectivity index (χ2v) is 8.32. The molecule has 0 heterocycles. The highest BCUT2D eigenvalue weighted by Crippen LogP contribution is 2.39. The Labute approximate surface area is 151 Å². The lowest BCUT2D eigenvalue weighted by Crippen LogP contribution is -1.96. The second kappa shape index (κ2) is 7.36. The molecule has 0 amide bonds. The van der Waals surface area contributed by atoms with E-state index in [2.05, 4.69) is 31.9 Å². The van der Waals surface area contributed by atoms with Gasteiger partial charge in [-0.1, -0.05) is 55.1 Å². The highest BCUT2D eigenvalue weighted by Gasteiger charge is 2.15. The Balaban J connectivity index is 2.43. The first-order valence-electron chi connectivity index (χ1n) is 6.43. The first-order chi connectivity index (χ1) is 9.88. The molecular formula is C16H14Br2Cl2O. The summed E-state index contributed by atoms with van der Waals surface area (Å²) in [6, 6.07) is 11.2. The molecule has 0 aromatic heterocycles. The van der Waals surface area contributed by atoms with Gasteiger partial charge in [0.25, 0.3) is 0 Å². The molecule has 112 valence electrons. The average Bonchev–Trinajstić information content (AvgIpc) is 2.42. The minimum Gasteiger partial charge on any atom is -0.457 e. The number of hydrogen-bond acceptors (Lipinski definition) is 1. The summed E-state index contributed by atoms with van der Waals surface area (Å²) in [6.45, 7) is 4.07. The van der Waals surface area contributed by atoms with Crippen molar-refractivity contribution >= 4 is 55.1 Å². The largest absolute Gasteiger partial charge is 0.457 e. The van der Waals surface area contributed by atoms with Crippen LogP contribution in [0.15, 0.2) is 36.4 Å². The van der Waals surface area contributed by atoms with Gasteiger partial charge in [0.1, 0.15) is 11.5 Å². The smallest absolute Gasteiger partial charge is 0.131 e. The molecule has 0 aliphatic carbocycles. The highest BCUT2D eigenvalue weighted by molar-refractivity contribution is 9.09. The molecule has 0 bridgehead atoms. The van der Waals surface area contributed by atoms with Crippen molar-refractivity contribution < 1.29 is 4.74 Å². The lowest BCUT2D eigenvalue weighted by Gasteiger charge is -2.17. The summed E-state index contributed by atoms with van der Waals surface area (Å²) in [6.07, 6.45) is 0. The number of halogens is 4. The van der Waals surface area contributed by atoms with Crippen LogP contribution < -0.4 is 4.74 Å². The van der Waals surface area contributed by atoms with Gasteiger partial charge in [0.15, 0.2) is 0 Å². The van der Waals surface area contributed by atoms with E-state index in [9.17, 15) is 0 Å². The van der Waals surface area contributed by atoms with Crippen LogP contribution >= 0.6 is 55.1 Å².